The first-order valence-corrected chi connectivity index (χ1v) is 10.5. The van der Waals surface area contributed by atoms with Crippen molar-refractivity contribution in [2.24, 2.45) is 0 Å². The van der Waals surface area contributed by atoms with Crippen molar-refractivity contribution in [1.29, 1.82) is 0 Å². The molecule has 0 aliphatic carbocycles. The van der Waals surface area contributed by atoms with E-state index in [1.54, 1.807) is 28.9 Å². The molecule has 150 valence electrons. The summed E-state index contributed by atoms with van der Waals surface area (Å²) in [5.74, 6) is 0.0873. The molecule has 0 aliphatic rings. The summed E-state index contributed by atoms with van der Waals surface area (Å²) in [6.07, 6.45) is 0. The van der Waals surface area contributed by atoms with Crippen LogP contribution in [-0.4, -0.2) is 20.7 Å². The van der Waals surface area contributed by atoms with E-state index in [4.69, 9.17) is 23.2 Å². The average Bonchev–Trinajstić information content (AvgIpc) is 3.17. The quantitative estimate of drug-likeness (QED) is 0.344. The topological polar surface area (TPSA) is 59.8 Å². The van der Waals surface area contributed by atoms with E-state index >= 15 is 0 Å². The highest BCUT2D eigenvalue weighted by Crippen LogP contribution is 2.28. The van der Waals surface area contributed by atoms with Crippen molar-refractivity contribution in [2.45, 2.75) is 6.92 Å². The molecule has 5 nitrogen and oxygen atoms in total. The number of anilines is 1. The van der Waals surface area contributed by atoms with Gasteiger partial charge in [-0.1, -0.05) is 69.5 Å². The van der Waals surface area contributed by atoms with Crippen LogP contribution in [0.15, 0.2) is 71.2 Å². The summed E-state index contributed by atoms with van der Waals surface area (Å²) in [5, 5.41) is 8.29. The van der Waals surface area contributed by atoms with Gasteiger partial charge in [-0.2, -0.15) is 0 Å². The van der Waals surface area contributed by atoms with Gasteiger partial charge in [-0.05, 0) is 48.9 Å². The second-order valence-corrected chi connectivity index (χ2v) is 8.23. The largest absolute Gasteiger partial charge is 0.318 e. The van der Waals surface area contributed by atoms with Gasteiger partial charge < -0.3 is 5.32 Å². The number of nitrogens with one attached hydrogen (secondary N) is 1. The molecule has 1 heterocycles. The Morgan fingerprint density at radius 1 is 0.967 bits per heavy atom. The van der Waals surface area contributed by atoms with Crippen LogP contribution in [-0.2, 0) is 0 Å². The van der Waals surface area contributed by atoms with E-state index in [-0.39, 0.29) is 5.82 Å². The number of carbonyl (C=O) groups excluding carboxylic acids is 1. The minimum Gasteiger partial charge on any atom is -0.318 e. The van der Waals surface area contributed by atoms with Gasteiger partial charge in [0, 0.05) is 15.1 Å². The third kappa shape index (κ3) is 4.12. The van der Waals surface area contributed by atoms with Gasteiger partial charge in [-0.25, -0.2) is 9.67 Å². The summed E-state index contributed by atoms with van der Waals surface area (Å²) < 4.78 is 2.57. The molecular weight excluding hydrogens is 487 g/mol. The Hall–Kier alpha value is -2.67. The van der Waals surface area contributed by atoms with Gasteiger partial charge in [0.1, 0.15) is 0 Å². The van der Waals surface area contributed by atoms with E-state index in [0.29, 0.717) is 21.6 Å². The van der Waals surface area contributed by atoms with Crippen LogP contribution >= 0.6 is 39.1 Å². The van der Waals surface area contributed by atoms with Crippen molar-refractivity contribution < 1.29 is 4.79 Å². The zero-order chi connectivity index (χ0) is 21.3. The summed E-state index contributed by atoms with van der Waals surface area (Å²) in [4.78, 5) is 17.4. The molecule has 8 heteroatoms. The number of aromatic nitrogens is 3. The molecule has 0 saturated carbocycles. The van der Waals surface area contributed by atoms with Crippen molar-refractivity contribution in [1.82, 2.24) is 14.8 Å². The molecule has 3 aromatic carbocycles. The van der Waals surface area contributed by atoms with E-state index in [2.05, 4.69) is 31.3 Å². The van der Waals surface area contributed by atoms with Crippen LogP contribution < -0.4 is 5.32 Å². The fraction of sp³-hybridized carbons (Fsp3) is 0.0455. The van der Waals surface area contributed by atoms with Crippen molar-refractivity contribution >= 4 is 50.7 Å². The maximum atomic E-state index is 12.9. The van der Waals surface area contributed by atoms with Crippen molar-refractivity contribution in [3.05, 3.63) is 92.6 Å². The Bertz CT molecular complexity index is 1240. The van der Waals surface area contributed by atoms with Crippen LogP contribution in [0.25, 0.3) is 17.1 Å². The fourth-order valence-electron chi connectivity index (χ4n) is 2.93. The standard InChI is InChI=1S/C22H15BrCl2N4O/c1-13-16(24)6-4-8-19(13)29-21(14-9-11-15(23)12-10-14)27-20(28-29)22(30)26-18-7-3-2-5-17(18)25/h2-12H,1H3,(H,26,30). The number of hydrogen-bond donors (Lipinski definition) is 1. The third-order valence-corrected chi connectivity index (χ3v) is 5.77. The molecule has 0 unspecified atom stereocenters. The van der Waals surface area contributed by atoms with Gasteiger partial charge in [0.2, 0.25) is 5.82 Å². The predicted octanol–water partition coefficient (Wildman–Crippen LogP) is 6.56. The highest BCUT2D eigenvalue weighted by atomic mass is 79.9. The molecule has 0 fully saturated rings. The summed E-state index contributed by atoms with van der Waals surface area (Å²) in [6, 6.07) is 20.1. The zero-order valence-corrected chi connectivity index (χ0v) is 18.8. The van der Waals surface area contributed by atoms with Gasteiger partial charge >= 0.3 is 0 Å². The number of para-hydroxylation sites is 1. The molecule has 1 N–H and O–H groups in total. The van der Waals surface area contributed by atoms with Crippen LogP contribution in [0.4, 0.5) is 5.69 Å². The lowest BCUT2D eigenvalue weighted by Crippen LogP contribution is -2.14. The van der Waals surface area contributed by atoms with Crippen molar-refractivity contribution in [3.63, 3.8) is 0 Å². The van der Waals surface area contributed by atoms with Crippen LogP contribution in [0, 0.1) is 6.92 Å². The monoisotopic (exact) mass is 500 g/mol. The summed E-state index contributed by atoms with van der Waals surface area (Å²) in [5.41, 5.74) is 2.87. The molecule has 0 bridgehead atoms. The molecule has 4 aromatic rings. The van der Waals surface area contributed by atoms with Gasteiger partial charge in [-0.15, -0.1) is 5.10 Å². The first-order valence-electron chi connectivity index (χ1n) is 8.98. The van der Waals surface area contributed by atoms with E-state index in [1.165, 1.54) is 0 Å². The molecule has 1 amide bonds. The molecule has 0 saturated heterocycles. The number of rotatable bonds is 4. The minimum absolute atomic E-state index is 0.0206. The number of carbonyl (C=O) groups is 1. The molecule has 0 aliphatic heterocycles. The number of amides is 1. The van der Waals surface area contributed by atoms with Crippen molar-refractivity contribution in [3.8, 4) is 17.1 Å². The predicted molar refractivity (Wildman–Crippen MR) is 124 cm³/mol. The lowest BCUT2D eigenvalue weighted by Gasteiger charge is -2.10. The Labute approximate surface area is 191 Å². The average molecular weight is 502 g/mol. The molecule has 0 spiro atoms. The number of nitrogens with zero attached hydrogens (tertiary/aromatic N) is 3. The highest BCUT2D eigenvalue weighted by molar-refractivity contribution is 9.10. The Morgan fingerprint density at radius 3 is 2.40 bits per heavy atom. The van der Waals surface area contributed by atoms with Crippen LogP contribution in [0.2, 0.25) is 10.0 Å². The second kappa shape index (κ2) is 8.60. The summed E-state index contributed by atoms with van der Waals surface area (Å²) >= 11 is 15.9. The minimum atomic E-state index is -0.458. The van der Waals surface area contributed by atoms with Crippen molar-refractivity contribution in [2.75, 3.05) is 5.32 Å². The highest BCUT2D eigenvalue weighted by Gasteiger charge is 2.21. The van der Waals surface area contributed by atoms with Crippen LogP contribution in [0.1, 0.15) is 16.2 Å². The summed E-state index contributed by atoms with van der Waals surface area (Å²) in [6.45, 7) is 1.90. The maximum absolute atomic E-state index is 12.9. The van der Waals surface area contributed by atoms with E-state index in [9.17, 15) is 4.79 Å². The van der Waals surface area contributed by atoms with E-state index in [0.717, 1.165) is 21.3 Å². The van der Waals surface area contributed by atoms with Crippen LogP contribution in [0.5, 0.6) is 0 Å². The summed E-state index contributed by atoms with van der Waals surface area (Å²) in [7, 11) is 0. The normalized spacial score (nSPS) is 10.8. The van der Waals surface area contributed by atoms with Gasteiger partial charge in [0.15, 0.2) is 5.82 Å². The molecule has 30 heavy (non-hydrogen) atoms. The van der Waals surface area contributed by atoms with Gasteiger partial charge in [0.05, 0.1) is 16.4 Å². The SMILES string of the molecule is Cc1c(Cl)cccc1-n1nc(C(=O)Nc2ccccc2Cl)nc1-c1ccc(Br)cc1. The third-order valence-electron chi connectivity index (χ3n) is 4.50. The second-order valence-electron chi connectivity index (χ2n) is 6.50. The Morgan fingerprint density at radius 2 is 1.67 bits per heavy atom. The first-order chi connectivity index (χ1) is 14.4. The van der Waals surface area contributed by atoms with Crippen LogP contribution in [0.3, 0.4) is 0 Å². The lowest BCUT2D eigenvalue weighted by atomic mass is 10.1. The fourth-order valence-corrected chi connectivity index (χ4v) is 3.55. The molecule has 0 radical (unpaired) electrons. The lowest BCUT2D eigenvalue weighted by molar-refractivity contribution is 0.101. The Balaban J connectivity index is 1.81. The zero-order valence-electron chi connectivity index (χ0n) is 15.7. The number of hydrogen-bond acceptors (Lipinski definition) is 3. The van der Waals surface area contributed by atoms with E-state index in [1.807, 2.05) is 49.4 Å². The van der Waals surface area contributed by atoms with Gasteiger partial charge in [-0.3, -0.25) is 4.79 Å². The van der Waals surface area contributed by atoms with Gasteiger partial charge in [0.25, 0.3) is 5.91 Å². The number of benzene rings is 3. The smallest absolute Gasteiger partial charge is 0.295 e. The number of halogens is 3. The Kier molecular flexibility index (Phi) is 5.90. The molecule has 4 rings (SSSR count). The molecule has 0 atom stereocenters. The maximum Gasteiger partial charge on any atom is 0.295 e. The first kappa shape index (κ1) is 20.6. The molecule has 1 aromatic heterocycles. The molecular formula is C22H15BrCl2N4O. The van der Waals surface area contributed by atoms with E-state index < -0.39 is 5.91 Å².